The van der Waals surface area contributed by atoms with E-state index in [0.29, 0.717) is 11.3 Å². The van der Waals surface area contributed by atoms with Crippen molar-refractivity contribution >= 4 is 17.8 Å². The predicted molar refractivity (Wildman–Crippen MR) is 90.2 cm³/mol. The van der Waals surface area contributed by atoms with Crippen LogP contribution in [0, 0.1) is 24.0 Å². The van der Waals surface area contributed by atoms with Gasteiger partial charge in [0.2, 0.25) is 0 Å². The fourth-order valence-electron chi connectivity index (χ4n) is 2.13. The maximum atomic E-state index is 11.7. The summed E-state index contributed by atoms with van der Waals surface area (Å²) in [6, 6.07) is 11.8. The Hall–Kier alpha value is -3.22. The zero-order chi connectivity index (χ0) is 17.5. The van der Waals surface area contributed by atoms with Crippen LogP contribution >= 0.6 is 0 Å². The van der Waals surface area contributed by atoms with E-state index in [-0.39, 0.29) is 12.3 Å². The first kappa shape index (κ1) is 17.1. The van der Waals surface area contributed by atoms with E-state index >= 15 is 0 Å². The van der Waals surface area contributed by atoms with Crippen LogP contribution in [-0.4, -0.2) is 23.7 Å². The number of benzene rings is 2. The number of nitro benzene ring substituents is 1. The van der Waals surface area contributed by atoms with E-state index < -0.39 is 10.8 Å². The first-order valence-electron chi connectivity index (χ1n) is 7.22. The lowest BCUT2D eigenvalue weighted by molar-refractivity contribution is -0.385. The highest BCUT2D eigenvalue weighted by molar-refractivity contribution is 5.86. The first-order chi connectivity index (χ1) is 11.5. The normalized spacial score (nSPS) is 10.6. The molecule has 7 nitrogen and oxygen atoms in total. The minimum absolute atomic E-state index is 0.0815. The number of ether oxygens (including phenoxy) is 1. The van der Waals surface area contributed by atoms with Crippen molar-refractivity contribution in [1.82, 2.24) is 5.43 Å². The van der Waals surface area contributed by atoms with Crippen LogP contribution in [-0.2, 0) is 4.79 Å². The summed E-state index contributed by atoms with van der Waals surface area (Å²) in [5.41, 5.74) is 4.58. The lowest BCUT2D eigenvalue weighted by Crippen LogP contribution is -2.24. The summed E-state index contributed by atoms with van der Waals surface area (Å²) in [4.78, 5) is 22.1. The highest BCUT2D eigenvalue weighted by atomic mass is 16.6. The Bertz CT molecular complexity index is 767. The lowest BCUT2D eigenvalue weighted by Gasteiger charge is -2.07. The third-order valence-corrected chi connectivity index (χ3v) is 3.09. The minimum Gasteiger partial charge on any atom is -0.484 e. The number of nitro groups is 1. The van der Waals surface area contributed by atoms with Crippen LogP contribution < -0.4 is 10.2 Å². The number of hydrogen-bond acceptors (Lipinski definition) is 5. The number of amides is 1. The van der Waals surface area contributed by atoms with Gasteiger partial charge in [-0.05, 0) is 43.2 Å². The van der Waals surface area contributed by atoms with Crippen LogP contribution in [0.3, 0.4) is 0 Å². The average molecular weight is 327 g/mol. The van der Waals surface area contributed by atoms with Gasteiger partial charge < -0.3 is 4.74 Å². The number of nitrogens with one attached hydrogen (secondary N) is 1. The van der Waals surface area contributed by atoms with E-state index in [0.717, 1.165) is 11.1 Å². The summed E-state index contributed by atoms with van der Waals surface area (Å²) in [6.07, 6.45) is 1.23. The highest BCUT2D eigenvalue weighted by Gasteiger charge is 2.10. The molecule has 0 atom stereocenters. The Morgan fingerprint density at radius 1 is 1.25 bits per heavy atom. The molecule has 0 aliphatic rings. The topological polar surface area (TPSA) is 93.8 Å². The molecular formula is C17H17N3O4. The van der Waals surface area contributed by atoms with Crippen LogP contribution in [0.4, 0.5) is 5.69 Å². The van der Waals surface area contributed by atoms with Gasteiger partial charge in [0.1, 0.15) is 5.75 Å². The zero-order valence-corrected chi connectivity index (χ0v) is 13.4. The highest BCUT2D eigenvalue weighted by Crippen LogP contribution is 2.16. The fraction of sp³-hybridized carbons (Fsp3) is 0.176. The minimum atomic E-state index is -0.508. The predicted octanol–water partition coefficient (Wildman–Crippen LogP) is 2.74. The molecule has 0 aliphatic heterocycles. The van der Waals surface area contributed by atoms with E-state index in [9.17, 15) is 14.9 Å². The monoisotopic (exact) mass is 327 g/mol. The molecular weight excluding hydrogens is 310 g/mol. The third-order valence-electron chi connectivity index (χ3n) is 3.09. The molecule has 0 unspecified atom stereocenters. The molecule has 7 heteroatoms. The van der Waals surface area contributed by atoms with Gasteiger partial charge in [-0.1, -0.05) is 18.2 Å². The van der Waals surface area contributed by atoms with Crippen molar-refractivity contribution < 1.29 is 14.5 Å². The molecule has 1 amide bonds. The van der Waals surface area contributed by atoms with Crippen LogP contribution in [0.15, 0.2) is 47.6 Å². The number of carbonyl (C=O) groups excluding carboxylic acids is 1. The number of rotatable bonds is 6. The molecule has 2 rings (SSSR count). The number of para-hydroxylation sites is 1. The molecule has 0 aliphatic carbocycles. The Balaban J connectivity index is 1.90. The van der Waals surface area contributed by atoms with E-state index in [2.05, 4.69) is 10.5 Å². The largest absolute Gasteiger partial charge is 0.484 e. The third kappa shape index (κ3) is 4.91. The van der Waals surface area contributed by atoms with Crippen molar-refractivity contribution in [3.63, 3.8) is 0 Å². The second-order valence-electron chi connectivity index (χ2n) is 5.22. The molecule has 2 aromatic carbocycles. The second-order valence-corrected chi connectivity index (χ2v) is 5.22. The van der Waals surface area contributed by atoms with Crippen LogP contribution in [0.1, 0.15) is 16.7 Å². The lowest BCUT2D eigenvalue weighted by atomic mass is 10.1. The second kappa shape index (κ2) is 7.87. The summed E-state index contributed by atoms with van der Waals surface area (Å²) < 4.78 is 5.40. The maximum absolute atomic E-state index is 11.7. The molecule has 0 saturated heterocycles. The van der Waals surface area contributed by atoms with Crippen LogP contribution in [0.25, 0.3) is 0 Å². The van der Waals surface area contributed by atoms with E-state index in [4.69, 9.17) is 4.74 Å². The van der Waals surface area contributed by atoms with Crippen molar-refractivity contribution in [2.45, 2.75) is 13.8 Å². The van der Waals surface area contributed by atoms with E-state index in [1.807, 2.05) is 32.0 Å². The van der Waals surface area contributed by atoms with Crippen molar-refractivity contribution in [2.24, 2.45) is 5.10 Å². The number of nitrogens with zero attached hydrogens (tertiary/aromatic N) is 2. The number of aryl methyl sites for hydroxylation is 2. The van der Waals surface area contributed by atoms with Gasteiger partial charge in [0.25, 0.3) is 11.6 Å². The van der Waals surface area contributed by atoms with E-state index in [1.54, 1.807) is 18.2 Å². The van der Waals surface area contributed by atoms with Crippen LogP contribution in [0.5, 0.6) is 5.75 Å². The van der Waals surface area contributed by atoms with Gasteiger partial charge in [-0.3, -0.25) is 14.9 Å². The summed E-state index contributed by atoms with van der Waals surface area (Å²) >= 11 is 0. The smallest absolute Gasteiger partial charge is 0.278 e. The van der Waals surface area contributed by atoms with Crippen molar-refractivity contribution in [2.75, 3.05) is 6.61 Å². The zero-order valence-electron chi connectivity index (χ0n) is 13.4. The molecule has 0 fully saturated rings. The molecule has 0 bridgehead atoms. The standard InChI is InChI=1S/C17H17N3O4/c1-12-7-13(2)9-15(8-12)24-11-17(21)19-18-10-14-5-3-4-6-16(14)20(22)23/h3-10H,11H2,1-2H3,(H,19,21)/b18-10-. The van der Waals surface area contributed by atoms with Crippen molar-refractivity contribution in [3.05, 3.63) is 69.3 Å². The molecule has 0 radical (unpaired) electrons. The molecule has 0 heterocycles. The SMILES string of the molecule is Cc1cc(C)cc(OCC(=O)N/N=C\c2ccccc2[N+](=O)[O-])c1. The van der Waals surface area contributed by atoms with Gasteiger partial charge in [0.15, 0.2) is 6.61 Å². The quantitative estimate of drug-likeness (QED) is 0.501. The van der Waals surface area contributed by atoms with Gasteiger partial charge >= 0.3 is 0 Å². The van der Waals surface area contributed by atoms with Gasteiger partial charge in [-0.2, -0.15) is 5.10 Å². The number of carbonyl (C=O) groups is 1. The fourth-order valence-corrected chi connectivity index (χ4v) is 2.13. The molecule has 24 heavy (non-hydrogen) atoms. The summed E-state index contributed by atoms with van der Waals surface area (Å²) in [7, 11) is 0. The van der Waals surface area contributed by atoms with Gasteiger partial charge in [-0.15, -0.1) is 0 Å². The van der Waals surface area contributed by atoms with Gasteiger partial charge in [0.05, 0.1) is 16.7 Å². The number of hydrazone groups is 1. The molecule has 1 N–H and O–H groups in total. The summed E-state index contributed by atoms with van der Waals surface area (Å²) in [5.74, 6) is 0.148. The van der Waals surface area contributed by atoms with Gasteiger partial charge in [0, 0.05) is 6.07 Å². The molecule has 0 aromatic heterocycles. The Labute approximate surface area is 139 Å². The molecule has 2 aromatic rings. The molecule has 0 saturated carbocycles. The molecule has 0 spiro atoms. The summed E-state index contributed by atoms with van der Waals surface area (Å²) in [6.45, 7) is 3.69. The Kier molecular flexibility index (Phi) is 5.62. The Morgan fingerprint density at radius 3 is 2.58 bits per heavy atom. The first-order valence-corrected chi connectivity index (χ1v) is 7.22. The summed E-state index contributed by atoms with van der Waals surface area (Å²) in [5, 5.41) is 14.6. The maximum Gasteiger partial charge on any atom is 0.278 e. The van der Waals surface area contributed by atoms with Crippen molar-refractivity contribution in [3.8, 4) is 5.75 Å². The van der Waals surface area contributed by atoms with Crippen LogP contribution in [0.2, 0.25) is 0 Å². The van der Waals surface area contributed by atoms with Crippen molar-refractivity contribution in [1.29, 1.82) is 0 Å². The van der Waals surface area contributed by atoms with Gasteiger partial charge in [-0.25, -0.2) is 5.43 Å². The average Bonchev–Trinajstić information content (AvgIpc) is 2.52. The molecule has 124 valence electrons. The Morgan fingerprint density at radius 2 is 1.92 bits per heavy atom. The number of hydrogen-bond donors (Lipinski definition) is 1. The van der Waals surface area contributed by atoms with E-state index in [1.165, 1.54) is 12.3 Å².